The number of ether oxygens (including phenoxy) is 1. The quantitative estimate of drug-likeness (QED) is 0.694. The van der Waals surface area contributed by atoms with Crippen molar-refractivity contribution in [1.29, 1.82) is 0 Å². The minimum absolute atomic E-state index is 0.0353. The topological polar surface area (TPSA) is 54.4 Å². The van der Waals surface area contributed by atoms with Gasteiger partial charge in [-0.05, 0) is 28.3 Å². The smallest absolute Gasteiger partial charge is 0.135 e. The molecule has 0 amide bonds. The van der Waals surface area contributed by atoms with Gasteiger partial charge in [-0.15, -0.1) is 0 Å². The van der Waals surface area contributed by atoms with Gasteiger partial charge in [-0.3, -0.25) is 0 Å². The van der Waals surface area contributed by atoms with Crippen molar-refractivity contribution < 1.29 is 9.84 Å². The van der Waals surface area contributed by atoms with Crippen molar-refractivity contribution in [3.63, 3.8) is 0 Å². The molecule has 2 aromatic carbocycles. The van der Waals surface area contributed by atoms with Gasteiger partial charge in [0.1, 0.15) is 5.15 Å². The second kappa shape index (κ2) is 6.32. The zero-order valence-electron chi connectivity index (χ0n) is 14.2. The summed E-state index contributed by atoms with van der Waals surface area (Å²) in [7, 11) is 0. The molecule has 2 aliphatic rings. The lowest BCUT2D eigenvalue weighted by Gasteiger charge is -2.18. The predicted molar refractivity (Wildman–Crippen MR) is 101 cm³/mol. The Hall–Kier alpha value is -1.98. The van der Waals surface area contributed by atoms with Crippen molar-refractivity contribution in [1.82, 2.24) is 10.3 Å². The van der Waals surface area contributed by atoms with E-state index in [1.807, 2.05) is 12.1 Å². The summed E-state index contributed by atoms with van der Waals surface area (Å²) in [4.78, 5) is 4.55. The van der Waals surface area contributed by atoms with E-state index in [1.165, 1.54) is 11.1 Å². The molecular weight excluding hydrogens is 348 g/mol. The summed E-state index contributed by atoms with van der Waals surface area (Å²) < 4.78 is 5.53. The molecule has 1 aliphatic heterocycles. The fourth-order valence-corrected chi connectivity index (χ4v) is 4.37. The van der Waals surface area contributed by atoms with Gasteiger partial charge in [-0.1, -0.05) is 48.0 Å². The minimum Gasteiger partial charge on any atom is -0.391 e. The lowest BCUT2D eigenvalue weighted by molar-refractivity contribution is 0.135. The van der Waals surface area contributed by atoms with Gasteiger partial charge in [0, 0.05) is 23.9 Å². The first kappa shape index (κ1) is 16.2. The fourth-order valence-electron chi connectivity index (χ4n) is 4.11. The number of fused-ring (bicyclic) bond motifs is 4. The van der Waals surface area contributed by atoms with Crippen LogP contribution in [0.15, 0.2) is 42.5 Å². The normalized spacial score (nSPS) is 21.2. The maximum atomic E-state index is 10.4. The van der Waals surface area contributed by atoms with Crippen LogP contribution in [-0.2, 0) is 30.9 Å². The first-order valence-electron chi connectivity index (χ1n) is 8.87. The van der Waals surface area contributed by atoms with E-state index in [4.69, 9.17) is 16.3 Å². The molecule has 1 aliphatic carbocycles. The number of benzene rings is 2. The zero-order valence-corrected chi connectivity index (χ0v) is 15.0. The lowest BCUT2D eigenvalue weighted by Crippen LogP contribution is -2.28. The number of halogens is 1. The van der Waals surface area contributed by atoms with Crippen molar-refractivity contribution in [3.05, 3.63) is 75.4 Å². The summed E-state index contributed by atoms with van der Waals surface area (Å²) >= 11 is 6.32. The molecule has 1 aromatic heterocycles. The maximum Gasteiger partial charge on any atom is 0.135 e. The number of aromatic nitrogens is 1. The highest BCUT2D eigenvalue weighted by atomic mass is 35.5. The number of rotatable bonds is 3. The molecule has 0 fully saturated rings. The van der Waals surface area contributed by atoms with E-state index >= 15 is 0 Å². The first-order chi connectivity index (χ1) is 12.7. The van der Waals surface area contributed by atoms with Crippen molar-refractivity contribution in [3.8, 4) is 0 Å². The van der Waals surface area contributed by atoms with E-state index < -0.39 is 0 Å². The number of aliphatic hydroxyl groups excluding tert-OH is 1. The van der Waals surface area contributed by atoms with Crippen LogP contribution < -0.4 is 5.32 Å². The molecule has 0 bridgehead atoms. The molecule has 3 aromatic rings. The van der Waals surface area contributed by atoms with Crippen molar-refractivity contribution >= 4 is 22.5 Å². The van der Waals surface area contributed by atoms with E-state index in [0.29, 0.717) is 31.3 Å². The van der Waals surface area contributed by atoms with E-state index in [2.05, 4.69) is 40.6 Å². The van der Waals surface area contributed by atoms with Crippen LogP contribution in [0.5, 0.6) is 0 Å². The molecule has 2 heterocycles. The van der Waals surface area contributed by atoms with Gasteiger partial charge < -0.3 is 15.2 Å². The Morgan fingerprint density at radius 1 is 1.15 bits per heavy atom. The summed E-state index contributed by atoms with van der Waals surface area (Å²) in [6.45, 7) is 1.80. The van der Waals surface area contributed by atoms with Crippen LogP contribution in [0.25, 0.3) is 10.9 Å². The zero-order chi connectivity index (χ0) is 17.7. The number of nitrogens with zero attached hydrogens (tertiary/aromatic N) is 1. The molecule has 0 radical (unpaired) electrons. The van der Waals surface area contributed by atoms with Gasteiger partial charge >= 0.3 is 0 Å². The van der Waals surface area contributed by atoms with Crippen LogP contribution in [0.1, 0.15) is 33.9 Å². The highest BCUT2D eigenvalue weighted by molar-refractivity contribution is 6.30. The van der Waals surface area contributed by atoms with E-state index in [0.717, 1.165) is 27.6 Å². The third kappa shape index (κ3) is 2.61. The van der Waals surface area contributed by atoms with Crippen LogP contribution in [0.3, 0.4) is 0 Å². The van der Waals surface area contributed by atoms with Crippen LogP contribution in [-0.4, -0.2) is 16.2 Å². The van der Waals surface area contributed by atoms with Crippen molar-refractivity contribution in [2.24, 2.45) is 0 Å². The fraction of sp³-hybridized carbons (Fsp3) is 0.286. The Morgan fingerprint density at radius 2 is 2.00 bits per heavy atom. The maximum absolute atomic E-state index is 10.4. The molecule has 4 nitrogen and oxygen atoms in total. The van der Waals surface area contributed by atoms with E-state index in [1.54, 1.807) is 0 Å². The SMILES string of the molecule is O[C@@H]1Cc2ccccc2[C@H]1NCc1ccc2c3c(c(Cl)nc2c1)COC3. The number of hydrogen-bond acceptors (Lipinski definition) is 4. The Kier molecular flexibility index (Phi) is 3.94. The van der Waals surface area contributed by atoms with Crippen LogP contribution in [0.4, 0.5) is 0 Å². The van der Waals surface area contributed by atoms with Crippen LogP contribution >= 0.6 is 11.6 Å². The van der Waals surface area contributed by atoms with Gasteiger partial charge in [0.25, 0.3) is 0 Å². The molecule has 0 saturated carbocycles. The number of pyridine rings is 1. The summed E-state index contributed by atoms with van der Waals surface area (Å²) in [6.07, 6.45) is 0.315. The average molecular weight is 367 g/mol. The number of nitrogens with one attached hydrogen (secondary N) is 1. The Balaban J connectivity index is 1.41. The van der Waals surface area contributed by atoms with E-state index in [9.17, 15) is 5.11 Å². The van der Waals surface area contributed by atoms with E-state index in [-0.39, 0.29) is 12.1 Å². The third-order valence-electron chi connectivity index (χ3n) is 5.44. The van der Waals surface area contributed by atoms with Gasteiger partial charge in [-0.25, -0.2) is 4.98 Å². The highest BCUT2D eigenvalue weighted by Crippen LogP contribution is 2.33. The Morgan fingerprint density at radius 3 is 2.92 bits per heavy atom. The predicted octanol–water partition coefficient (Wildman–Crippen LogP) is 3.67. The second-order valence-electron chi connectivity index (χ2n) is 7.03. The number of hydrogen-bond donors (Lipinski definition) is 2. The minimum atomic E-state index is -0.388. The molecule has 0 spiro atoms. The standard InChI is InChI=1S/C21H19ClN2O2/c22-21-17-11-26-10-16(17)15-6-5-12(7-18(15)24-21)9-23-20-14-4-2-1-3-13(14)8-19(20)25/h1-7,19-20,23,25H,8-11H2/t19-,20-/m1/s1. The molecule has 0 unspecified atom stereocenters. The van der Waals surface area contributed by atoms with Gasteiger partial charge in [0.2, 0.25) is 0 Å². The molecule has 5 rings (SSSR count). The number of aliphatic hydroxyl groups is 1. The Bertz CT molecular complexity index is 1000. The van der Waals surface area contributed by atoms with Gasteiger partial charge in [0.05, 0.1) is 30.9 Å². The summed E-state index contributed by atoms with van der Waals surface area (Å²) in [5.74, 6) is 0. The Labute approximate surface area is 156 Å². The molecule has 0 saturated heterocycles. The van der Waals surface area contributed by atoms with Crippen molar-refractivity contribution in [2.45, 2.75) is 38.3 Å². The molecule has 26 heavy (non-hydrogen) atoms. The summed E-state index contributed by atoms with van der Waals surface area (Å²) in [5.41, 5.74) is 6.59. The third-order valence-corrected chi connectivity index (χ3v) is 5.75. The largest absolute Gasteiger partial charge is 0.391 e. The molecular formula is C21H19ClN2O2. The second-order valence-corrected chi connectivity index (χ2v) is 7.39. The average Bonchev–Trinajstić information content (AvgIpc) is 3.24. The van der Waals surface area contributed by atoms with Gasteiger partial charge in [0.15, 0.2) is 0 Å². The summed E-state index contributed by atoms with van der Waals surface area (Å²) in [6, 6.07) is 14.5. The molecule has 5 heteroatoms. The van der Waals surface area contributed by atoms with Crippen LogP contribution in [0, 0.1) is 0 Å². The molecule has 2 N–H and O–H groups in total. The summed E-state index contributed by atoms with van der Waals surface area (Å²) in [5, 5.41) is 15.5. The molecule has 2 atom stereocenters. The highest BCUT2D eigenvalue weighted by Gasteiger charge is 2.30. The lowest BCUT2D eigenvalue weighted by atomic mass is 10.0. The van der Waals surface area contributed by atoms with Crippen LogP contribution in [0.2, 0.25) is 5.15 Å². The van der Waals surface area contributed by atoms with Crippen molar-refractivity contribution in [2.75, 3.05) is 0 Å². The molecule has 132 valence electrons. The van der Waals surface area contributed by atoms with Gasteiger partial charge in [-0.2, -0.15) is 0 Å². The first-order valence-corrected chi connectivity index (χ1v) is 9.25. The monoisotopic (exact) mass is 366 g/mol.